The molecule has 2 aromatic carbocycles. The standard InChI is InChI=1S/C19H13FN4O2/c20-12-5-3-4-11(8-12)16-9-17(26-24-16)18(25)13(10-21)19-22-14-6-1-2-7-15(14)23-19/h1-8,13,17H,9H2,(H,22,23)/t13-,17-/m0/s1. The van der Waals surface area contributed by atoms with Crippen molar-refractivity contribution < 1.29 is 14.0 Å². The molecule has 1 aliphatic rings. The summed E-state index contributed by atoms with van der Waals surface area (Å²) < 4.78 is 13.4. The van der Waals surface area contributed by atoms with Gasteiger partial charge < -0.3 is 9.82 Å². The van der Waals surface area contributed by atoms with Crippen LogP contribution in [0.4, 0.5) is 4.39 Å². The number of rotatable bonds is 4. The average molecular weight is 348 g/mol. The van der Waals surface area contributed by atoms with E-state index in [9.17, 15) is 14.4 Å². The minimum Gasteiger partial charge on any atom is -0.384 e. The molecule has 0 spiro atoms. The zero-order valence-electron chi connectivity index (χ0n) is 13.5. The molecule has 7 heteroatoms. The number of carbonyl (C=O) groups is 1. The molecule has 2 heterocycles. The van der Waals surface area contributed by atoms with Gasteiger partial charge in [0.15, 0.2) is 12.0 Å². The van der Waals surface area contributed by atoms with Gasteiger partial charge in [-0.2, -0.15) is 5.26 Å². The number of fused-ring (bicyclic) bond motifs is 1. The lowest BCUT2D eigenvalue weighted by molar-refractivity contribution is -0.129. The molecule has 0 saturated heterocycles. The van der Waals surface area contributed by atoms with Crippen LogP contribution in [0.3, 0.4) is 0 Å². The molecule has 0 saturated carbocycles. The van der Waals surface area contributed by atoms with Crippen LogP contribution in [0.15, 0.2) is 53.7 Å². The first-order chi connectivity index (χ1) is 12.7. The molecular weight excluding hydrogens is 335 g/mol. The van der Waals surface area contributed by atoms with Crippen LogP contribution in [0.1, 0.15) is 23.7 Å². The van der Waals surface area contributed by atoms with E-state index < -0.39 is 23.6 Å². The third kappa shape index (κ3) is 2.82. The molecule has 0 fully saturated rings. The van der Waals surface area contributed by atoms with E-state index in [0.29, 0.717) is 16.8 Å². The molecule has 26 heavy (non-hydrogen) atoms. The molecule has 1 N–H and O–H groups in total. The lowest BCUT2D eigenvalue weighted by Gasteiger charge is -2.10. The van der Waals surface area contributed by atoms with E-state index in [-0.39, 0.29) is 12.2 Å². The van der Waals surface area contributed by atoms with Crippen molar-refractivity contribution in [2.24, 2.45) is 5.16 Å². The highest BCUT2D eigenvalue weighted by Gasteiger charge is 2.36. The second kappa shape index (κ2) is 6.41. The average Bonchev–Trinajstić information content (AvgIpc) is 3.29. The number of nitrogens with one attached hydrogen (secondary N) is 1. The first-order valence-corrected chi connectivity index (χ1v) is 8.02. The molecule has 0 radical (unpaired) electrons. The fourth-order valence-electron chi connectivity index (χ4n) is 2.92. The predicted molar refractivity (Wildman–Crippen MR) is 91.9 cm³/mol. The van der Waals surface area contributed by atoms with Gasteiger partial charge in [-0.25, -0.2) is 9.37 Å². The lowest BCUT2D eigenvalue weighted by Crippen LogP contribution is -2.27. The Kier molecular flexibility index (Phi) is 3.93. The van der Waals surface area contributed by atoms with Crippen LogP contribution in [0.2, 0.25) is 0 Å². The van der Waals surface area contributed by atoms with E-state index in [2.05, 4.69) is 15.1 Å². The van der Waals surface area contributed by atoms with Crippen molar-refractivity contribution >= 4 is 22.5 Å². The summed E-state index contributed by atoms with van der Waals surface area (Å²) in [7, 11) is 0. The second-order valence-corrected chi connectivity index (χ2v) is 5.95. The molecule has 0 amide bonds. The summed E-state index contributed by atoms with van der Waals surface area (Å²) >= 11 is 0. The lowest BCUT2D eigenvalue weighted by atomic mass is 9.95. The number of aromatic amines is 1. The van der Waals surface area contributed by atoms with Crippen LogP contribution in [0.25, 0.3) is 11.0 Å². The predicted octanol–water partition coefficient (Wildman–Crippen LogP) is 3.07. The van der Waals surface area contributed by atoms with Crippen LogP contribution in [0, 0.1) is 17.1 Å². The van der Waals surface area contributed by atoms with Gasteiger partial charge in [0, 0.05) is 12.0 Å². The number of hydrogen-bond acceptors (Lipinski definition) is 5. The maximum Gasteiger partial charge on any atom is 0.201 e. The number of aromatic nitrogens is 2. The van der Waals surface area contributed by atoms with E-state index in [4.69, 9.17) is 4.84 Å². The van der Waals surface area contributed by atoms with Gasteiger partial charge in [0.2, 0.25) is 5.78 Å². The molecule has 0 unspecified atom stereocenters. The van der Waals surface area contributed by atoms with Crippen molar-refractivity contribution in [2.75, 3.05) is 0 Å². The number of para-hydroxylation sites is 2. The Morgan fingerprint density at radius 3 is 2.92 bits per heavy atom. The van der Waals surface area contributed by atoms with Gasteiger partial charge in [-0.15, -0.1) is 0 Å². The summed E-state index contributed by atoms with van der Waals surface area (Å²) in [5.74, 6) is -1.63. The first kappa shape index (κ1) is 16.0. The smallest absolute Gasteiger partial charge is 0.201 e. The third-order valence-electron chi connectivity index (χ3n) is 4.24. The normalized spacial score (nSPS) is 17.4. The molecule has 128 valence electrons. The van der Waals surface area contributed by atoms with E-state index >= 15 is 0 Å². The minimum absolute atomic E-state index is 0.181. The molecule has 4 rings (SSSR count). The number of hydrogen-bond donors (Lipinski definition) is 1. The van der Waals surface area contributed by atoms with E-state index in [1.165, 1.54) is 12.1 Å². The molecule has 3 aromatic rings. The van der Waals surface area contributed by atoms with E-state index in [0.717, 1.165) is 5.52 Å². The first-order valence-electron chi connectivity index (χ1n) is 8.02. The summed E-state index contributed by atoms with van der Waals surface area (Å²) in [6.07, 6.45) is -0.716. The van der Waals surface area contributed by atoms with Crippen LogP contribution in [-0.2, 0) is 9.63 Å². The molecule has 0 bridgehead atoms. The number of carbonyl (C=O) groups excluding carboxylic acids is 1. The fourth-order valence-corrected chi connectivity index (χ4v) is 2.92. The Morgan fingerprint density at radius 1 is 1.31 bits per heavy atom. The molecule has 1 aromatic heterocycles. The van der Waals surface area contributed by atoms with Crippen LogP contribution in [-0.4, -0.2) is 27.6 Å². The zero-order chi connectivity index (χ0) is 18.1. The Balaban J connectivity index is 1.54. The van der Waals surface area contributed by atoms with Gasteiger partial charge in [-0.3, -0.25) is 4.79 Å². The molecule has 6 nitrogen and oxygen atoms in total. The molecular formula is C19H13FN4O2. The number of nitriles is 1. The highest BCUT2D eigenvalue weighted by atomic mass is 19.1. The summed E-state index contributed by atoms with van der Waals surface area (Å²) in [4.78, 5) is 25.3. The van der Waals surface area contributed by atoms with E-state index in [1.54, 1.807) is 18.2 Å². The topological polar surface area (TPSA) is 91.1 Å². The number of oxime groups is 1. The van der Waals surface area contributed by atoms with Gasteiger partial charge in [0.1, 0.15) is 11.6 Å². The third-order valence-corrected chi connectivity index (χ3v) is 4.24. The second-order valence-electron chi connectivity index (χ2n) is 5.95. The number of ketones is 1. The number of imidazole rings is 1. The van der Waals surface area contributed by atoms with Crippen LogP contribution in [0.5, 0.6) is 0 Å². The van der Waals surface area contributed by atoms with Crippen molar-refractivity contribution in [3.05, 3.63) is 65.7 Å². The number of nitrogens with zero attached hydrogens (tertiary/aromatic N) is 3. The monoisotopic (exact) mass is 348 g/mol. The molecule has 2 atom stereocenters. The number of benzene rings is 2. The highest BCUT2D eigenvalue weighted by molar-refractivity contribution is 6.05. The highest BCUT2D eigenvalue weighted by Crippen LogP contribution is 2.25. The van der Waals surface area contributed by atoms with Gasteiger partial charge in [-0.1, -0.05) is 29.4 Å². The van der Waals surface area contributed by atoms with Crippen molar-refractivity contribution in [3.8, 4) is 6.07 Å². The van der Waals surface area contributed by atoms with Gasteiger partial charge in [0.05, 0.1) is 22.8 Å². The number of Topliss-reactive ketones (excluding diaryl/α,β-unsaturated/α-hetero) is 1. The van der Waals surface area contributed by atoms with Crippen molar-refractivity contribution in [2.45, 2.75) is 18.4 Å². The Bertz CT molecular complexity index is 1030. The van der Waals surface area contributed by atoms with E-state index in [1.807, 2.05) is 24.3 Å². The van der Waals surface area contributed by atoms with Gasteiger partial charge in [0.25, 0.3) is 0 Å². The quantitative estimate of drug-likeness (QED) is 0.784. The van der Waals surface area contributed by atoms with Crippen LogP contribution < -0.4 is 0 Å². The summed E-state index contributed by atoms with van der Waals surface area (Å²) in [6.45, 7) is 0. The summed E-state index contributed by atoms with van der Waals surface area (Å²) in [5, 5.41) is 13.4. The largest absolute Gasteiger partial charge is 0.384 e. The maximum atomic E-state index is 13.4. The Morgan fingerprint density at radius 2 is 2.15 bits per heavy atom. The molecule has 0 aliphatic carbocycles. The van der Waals surface area contributed by atoms with Crippen molar-refractivity contribution in [1.29, 1.82) is 5.26 Å². The number of halogens is 1. The Labute approximate surface area is 147 Å². The van der Waals surface area contributed by atoms with Gasteiger partial charge >= 0.3 is 0 Å². The SMILES string of the molecule is N#C[C@@H](C(=O)[C@@H]1CC(c2cccc(F)c2)=NO1)c1nc2ccccc2[nH]1. The number of H-pyrrole nitrogens is 1. The summed E-state index contributed by atoms with van der Waals surface area (Å²) in [6, 6.07) is 15.2. The maximum absolute atomic E-state index is 13.4. The summed E-state index contributed by atoms with van der Waals surface area (Å²) in [5.41, 5.74) is 2.46. The minimum atomic E-state index is -1.09. The van der Waals surface area contributed by atoms with Crippen molar-refractivity contribution in [3.63, 3.8) is 0 Å². The zero-order valence-corrected chi connectivity index (χ0v) is 13.5. The van der Waals surface area contributed by atoms with Gasteiger partial charge in [-0.05, 0) is 24.3 Å². The van der Waals surface area contributed by atoms with Crippen LogP contribution >= 0.6 is 0 Å². The molecule has 1 aliphatic heterocycles. The van der Waals surface area contributed by atoms with Crippen molar-refractivity contribution in [1.82, 2.24) is 9.97 Å². The fraction of sp³-hybridized carbons (Fsp3) is 0.158. The Hall–Kier alpha value is -3.53.